The number of benzene rings is 3. The van der Waals surface area contributed by atoms with Crippen LogP contribution in [0.15, 0.2) is 89.3 Å². The molecule has 154 valence electrons. The molecule has 4 aromatic rings. The van der Waals surface area contributed by atoms with Crippen molar-refractivity contribution in [2.24, 2.45) is 5.10 Å². The van der Waals surface area contributed by atoms with E-state index in [1.165, 1.54) is 16.9 Å². The summed E-state index contributed by atoms with van der Waals surface area (Å²) in [7, 11) is 0. The van der Waals surface area contributed by atoms with Crippen molar-refractivity contribution < 1.29 is 9.53 Å². The molecular formula is C25H21N3O2S. The summed E-state index contributed by atoms with van der Waals surface area (Å²) in [5, 5.41) is 6.86. The highest BCUT2D eigenvalue weighted by atomic mass is 32.1. The molecule has 0 spiro atoms. The van der Waals surface area contributed by atoms with Crippen molar-refractivity contribution in [3.63, 3.8) is 0 Å². The van der Waals surface area contributed by atoms with Crippen LogP contribution in [0.4, 0.5) is 0 Å². The van der Waals surface area contributed by atoms with Crippen LogP contribution in [-0.2, 0) is 11.2 Å². The van der Waals surface area contributed by atoms with Crippen LogP contribution in [0.1, 0.15) is 16.8 Å². The van der Waals surface area contributed by atoms with E-state index >= 15 is 0 Å². The summed E-state index contributed by atoms with van der Waals surface area (Å²) >= 11 is 1.52. The van der Waals surface area contributed by atoms with Gasteiger partial charge in [-0.2, -0.15) is 5.10 Å². The molecule has 1 amide bonds. The number of hydrogen-bond donors (Lipinski definition) is 1. The molecule has 0 aliphatic carbocycles. The van der Waals surface area contributed by atoms with E-state index in [2.05, 4.69) is 15.5 Å². The zero-order chi connectivity index (χ0) is 21.5. The van der Waals surface area contributed by atoms with E-state index in [1.54, 1.807) is 6.21 Å². The van der Waals surface area contributed by atoms with Gasteiger partial charge in [0.2, 0.25) is 5.91 Å². The number of hydrazone groups is 1. The Morgan fingerprint density at radius 2 is 1.84 bits per heavy atom. The summed E-state index contributed by atoms with van der Waals surface area (Å²) in [5.41, 5.74) is 6.33. The van der Waals surface area contributed by atoms with E-state index < -0.39 is 0 Å². The summed E-state index contributed by atoms with van der Waals surface area (Å²) in [6.07, 6.45) is 1.77. The fraction of sp³-hybridized carbons (Fsp3) is 0.0800. The van der Waals surface area contributed by atoms with E-state index in [4.69, 9.17) is 4.74 Å². The maximum absolute atomic E-state index is 12.2. The molecule has 6 heteroatoms. The molecule has 0 saturated carbocycles. The molecule has 0 atom stereocenters. The first-order chi connectivity index (χ1) is 15.2. The third-order valence-electron chi connectivity index (χ3n) is 4.43. The third-order valence-corrected chi connectivity index (χ3v) is 5.37. The summed E-state index contributed by atoms with van der Waals surface area (Å²) in [6.45, 7) is 2.03. The molecular weight excluding hydrogens is 406 g/mol. The van der Waals surface area contributed by atoms with Gasteiger partial charge in [-0.15, -0.1) is 11.3 Å². The maximum atomic E-state index is 12.2. The number of thiazole rings is 1. The van der Waals surface area contributed by atoms with Crippen LogP contribution in [0.5, 0.6) is 11.5 Å². The Balaban J connectivity index is 1.32. The van der Waals surface area contributed by atoms with E-state index in [0.717, 1.165) is 27.6 Å². The number of nitrogens with one attached hydrogen (secondary N) is 1. The highest BCUT2D eigenvalue weighted by Crippen LogP contribution is 2.24. The number of hydrogen-bond acceptors (Lipinski definition) is 5. The number of carbonyl (C=O) groups excluding carboxylic acids is 1. The van der Waals surface area contributed by atoms with Crippen LogP contribution >= 0.6 is 11.3 Å². The van der Waals surface area contributed by atoms with E-state index in [0.29, 0.717) is 5.75 Å². The van der Waals surface area contributed by atoms with Crippen molar-refractivity contribution in [1.29, 1.82) is 0 Å². The van der Waals surface area contributed by atoms with Gasteiger partial charge < -0.3 is 4.74 Å². The lowest BCUT2D eigenvalue weighted by Gasteiger charge is -2.06. The predicted octanol–water partition coefficient (Wildman–Crippen LogP) is 5.60. The predicted molar refractivity (Wildman–Crippen MR) is 125 cm³/mol. The van der Waals surface area contributed by atoms with E-state index in [-0.39, 0.29) is 12.3 Å². The lowest BCUT2D eigenvalue weighted by atomic mass is 10.2. The zero-order valence-corrected chi connectivity index (χ0v) is 17.8. The number of aryl methyl sites for hydroxylation is 1. The summed E-state index contributed by atoms with van der Waals surface area (Å²) in [6, 6.07) is 25.3. The van der Waals surface area contributed by atoms with Gasteiger partial charge in [-0.3, -0.25) is 4.79 Å². The van der Waals surface area contributed by atoms with Crippen molar-refractivity contribution in [3.05, 3.63) is 101 Å². The highest BCUT2D eigenvalue weighted by molar-refractivity contribution is 7.13. The van der Waals surface area contributed by atoms with Crippen LogP contribution < -0.4 is 10.2 Å². The van der Waals surface area contributed by atoms with Gasteiger partial charge in [-0.05, 0) is 36.8 Å². The zero-order valence-electron chi connectivity index (χ0n) is 17.0. The second-order valence-corrected chi connectivity index (χ2v) is 7.83. The van der Waals surface area contributed by atoms with Crippen LogP contribution in [0.3, 0.4) is 0 Å². The van der Waals surface area contributed by atoms with Gasteiger partial charge in [-0.25, -0.2) is 10.4 Å². The van der Waals surface area contributed by atoms with Gasteiger partial charge in [0.1, 0.15) is 16.5 Å². The van der Waals surface area contributed by atoms with Gasteiger partial charge in [-0.1, -0.05) is 60.2 Å². The minimum atomic E-state index is -0.215. The number of nitrogens with zero attached hydrogens (tertiary/aromatic N) is 2. The number of aromatic nitrogens is 1. The van der Waals surface area contributed by atoms with Crippen LogP contribution in [0.25, 0.3) is 10.6 Å². The number of ether oxygens (including phenoxy) is 1. The van der Waals surface area contributed by atoms with Crippen molar-refractivity contribution in [2.75, 3.05) is 0 Å². The minimum absolute atomic E-state index is 0.178. The van der Waals surface area contributed by atoms with Crippen LogP contribution in [-0.4, -0.2) is 17.1 Å². The first kappa shape index (κ1) is 20.5. The van der Waals surface area contributed by atoms with Gasteiger partial charge >= 0.3 is 0 Å². The molecule has 0 fully saturated rings. The van der Waals surface area contributed by atoms with E-state index in [1.807, 2.05) is 91.2 Å². The Morgan fingerprint density at radius 3 is 2.65 bits per heavy atom. The smallest absolute Gasteiger partial charge is 0.246 e. The molecule has 0 aliphatic rings. The molecule has 1 N–H and O–H groups in total. The molecule has 31 heavy (non-hydrogen) atoms. The number of amides is 1. The van der Waals surface area contributed by atoms with Crippen LogP contribution in [0, 0.1) is 6.92 Å². The lowest BCUT2D eigenvalue weighted by molar-refractivity contribution is -0.120. The second-order valence-electron chi connectivity index (χ2n) is 6.97. The Bertz CT molecular complexity index is 1180. The molecule has 1 aromatic heterocycles. The molecule has 0 saturated heterocycles. The van der Waals surface area contributed by atoms with Crippen molar-refractivity contribution in [1.82, 2.24) is 10.4 Å². The molecule has 0 radical (unpaired) electrons. The third kappa shape index (κ3) is 5.87. The fourth-order valence-electron chi connectivity index (χ4n) is 2.89. The molecule has 0 unspecified atom stereocenters. The summed E-state index contributed by atoms with van der Waals surface area (Å²) in [4.78, 5) is 16.7. The standard InChI is InChI=1S/C25H21N3O2S/c1-18-10-12-22(13-11-18)30-23-9-5-6-19(14-23)16-26-28-24(29)15-21-17-31-25(27-21)20-7-3-2-4-8-20/h2-14,16-17H,15H2,1H3,(H,28,29)/b26-16+. The Kier molecular flexibility index (Phi) is 6.50. The molecule has 3 aromatic carbocycles. The average molecular weight is 428 g/mol. The van der Waals surface area contributed by atoms with Crippen molar-refractivity contribution >= 4 is 23.5 Å². The summed E-state index contributed by atoms with van der Waals surface area (Å²) in [5.74, 6) is 1.26. The molecule has 0 bridgehead atoms. The van der Waals surface area contributed by atoms with Gasteiger partial charge in [0, 0.05) is 10.9 Å². The van der Waals surface area contributed by atoms with Crippen molar-refractivity contribution in [2.45, 2.75) is 13.3 Å². The average Bonchev–Trinajstić information content (AvgIpc) is 3.25. The number of carbonyl (C=O) groups is 1. The first-order valence-electron chi connectivity index (χ1n) is 9.82. The molecule has 5 nitrogen and oxygen atoms in total. The van der Waals surface area contributed by atoms with Crippen molar-refractivity contribution in [3.8, 4) is 22.1 Å². The lowest BCUT2D eigenvalue weighted by Crippen LogP contribution is -2.19. The largest absolute Gasteiger partial charge is 0.457 e. The Hall–Kier alpha value is -3.77. The van der Waals surface area contributed by atoms with Gasteiger partial charge in [0.25, 0.3) is 0 Å². The molecule has 1 heterocycles. The quantitative estimate of drug-likeness (QED) is 0.308. The highest BCUT2D eigenvalue weighted by Gasteiger charge is 2.08. The SMILES string of the molecule is Cc1ccc(Oc2cccc(/C=N/NC(=O)Cc3csc(-c4ccccc4)n3)c2)cc1. The molecule has 4 rings (SSSR count). The normalized spacial score (nSPS) is 10.9. The Morgan fingerprint density at radius 1 is 1.03 bits per heavy atom. The minimum Gasteiger partial charge on any atom is -0.457 e. The topological polar surface area (TPSA) is 63.6 Å². The van der Waals surface area contributed by atoms with Crippen LogP contribution in [0.2, 0.25) is 0 Å². The first-order valence-corrected chi connectivity index (χ1v) is 10.7. The monoisotopic (exact) mass is 427 g/mol. The number of rotatable bonds is 7. The molecule has 0 aliphatic heterocycles. The summed E-state index contributed by atoms with van der Waals surface area (Å²) < 4.78 is 5.86. The maximum Gasteiger partial charge on any atom is 0.246 e. The fourth-order valence-corrected chi connectivity index (χ4v) is 3.71. The van der Waals surface area contributed by atoms with E-state index in [9.17, 15) is 4.79 Å². The Labute approximate surface area is 185 Å². The van der Waals surface area contributed by atoms with Gasteiger partial charge in [0.15, 0.2) is 0 Å². The second kappa shape index (κ2) is 9.82. The van der Waals surface area contributed by atoms with Gasteiger partial charge in [0.05, 0.1) is 18.3 Å².